The standard InChI is InChI=1S/C14H16ClFN4O3/c1-17-12(21)7-18-14(23)19-11-4-5-20(13(11)22)8-2-3-10(16)9(15)6-8/h2-3,6,11H,4-5,7H2,1H3,(H,17,21)(H2,18,19,23). The number of hydrogen-bond acceptors (Lipinski definition) is 3. The summed E-state index contributed by atoms with van der Waals surface area (Å²) in [6.07, 6.45) is 0.404. The molecule has 23 heavy (non-hydrogen) atoms. The number of anilines is 1. The molecular weight excluding hydrogens is 327 g/mol. The minimum absolute atomic E-state index is 0.0740. The van der Waals surface area contributed by atoms with Crippen molar-refractivity contribution in [1.82, 2.24) is 16.0 Å². The predicted molar refractivity (Wildman–Crippen MR) is 82.8 cm³/mol. The van der Waals surface area contributed by atoms with E-state index >= 15 is 0 Å². The molecule has 3 N–H and O–H groups in total. The fourth-order valence-electron chi connectivity index (χ4n) is 2.18. The molecule has 1 aromatic carbocycles. The number of urea groups is 1. The number of nitrogens with one attached hydrogen (secondary N) is 3. The van der Waals surface area contributed by atoms with Crippen molar-refractivity contribution in [3.63, 3.8) is 0 Å². The van der Waals surface area contributed by atoms with Crippen LogP contribution in [0.25, 0.3) is 0 Å². The van der Waals surface area contributed by atoms with E-state index in [1.807, 2.05) is 0 Å². The zero-order chi connectivity index (χ0) is 17.0. The van der Waals surface area contributed by atoms with Crippen molar-refractivity contribution in [2.24, 2.45) is 0 Å². The maximum atomic E-state index is 13.2. The molecule has 1 aliphatic rings. The minimum atomic E-state index is -0.705. The van der Waals surface area contributed by atoms with Crippen LogP contribution in [-0.2, 0) is 9.59 Å². The van der Waals surface area contributed by atoms with Crippen molar-refractivity contribution in [2.75, 3.05) is 25.0 Å². The van der Waals surface area contributed by atoms with E-state index in [2.05, 4.69) is 16.0 Å². The lowest BCUT2D eigenvalue weighted by atomic mass is 10.2. The Morgan fingerprint density at radius 2 is 2.17 bits per heavy atom. The van der Waals surface area contributed by atoms with Gasteiger partial charge in [0.15, 0.2) is 0 Å². The molecule has 1 fully saturated rings. The molecule has 1 atom stereocenters. The van der Waals surface area contributed by atoms with Gasteiger partial charge in [-0.15, -0.1) is 0 Å². The van der Waals surface area contributed by atoms with Crippen molar-refractivity contribution in [3.8, 4) is 0 Å². The summed E-state index contributed by atoms with van der Waals surface area (Å²) in [6, 6.07) is 2.69. The Labute approximate surface area is 137 Å². The molecule has 124 valence electrons. The van der Waals surface area contributed by atoms with E-state index < -0.39 is 17.9 Å². The van der Waals surface area contributed by atoms with Crippen LogP contribution in [0.3, 0.4) is 0 Å². The van der Waals surface area contributed by atoms with Gasteiger partial charge < -0.3 is 20.9 Å². The lowest BCUT2D eigenvalue weighted by molar-refractivity contribution is -0.119. The molecule has 1 aliphatic heterocycles. The lowest BCUT2D eigenvalue weighted by Gasteiger charge is -2.17. The zero-order valence-electron chi connectivity index (χ0n) is 12.4. The minimum Gasteiger partial charge on any atom is -0.358 e. The SMILES string of the molecule is CNC(=O)CNC(=O)NC1CCN(c2ccc(F)c(Cl)c2)C1=O. The molecule has 4 amide bonds. The summed E-state index contributed by atoms with van der Waals surface area (Å²) >= 11 is 5.71. The molecule has 1 aromatic rings. The highest BCUT2D eigenvalue weighted by Gasteiger charge is 2.33. The number of carbonyl (C=O) groups is 3. The first-order valence-corrected chi connectivity index (χ1v) is 7.31. The summed E-state index contributed by atoms with van der Waals surface area (Å²) in [6.45, 7) is 0.196. The van der Waals surface area contributed by atoms with Gasteiger partial charge in [0, 0.05) is 19.3 Å². The van der Waals surface area contributed by atoms with Crippen LogP contribution in [0.1, 0.15) is 6.42 Å². The molecule has 1 saturated heterocycles. The number of rotatable bonds is 4. The molecule has 0 aromatic heterocycles. The monoisotopic (exact) mass is 342 g/mol. The first kappa shape index (κ1) is 17.0. The van der Waals surface area contributed by atoms with E-state index in [1.165, 1.54) is 30.1 Å². The topological polar surface area (TPSA) is 90.5 Å². The van der Waals surface area contributed by atoms with E-state index in [1.54, 1.807) is 0 Å². The Balaban J connectivity index is 1.94. The van der Waals surface area contributed by atoms with E-state index in [4.69, 9.17) is 11.6 Å². The van der Waals surface area contributed by atoms with Gasteiger partial charge >= 0.3 is 6.03 Å². The Bertz CT molecular complexity index is 640. The van der Waals surface area contributed by atoms with Gasteiger partial charge in [-0.25, -0.2) is 9.18 Å². The normalized spacial score (nSPS) is 17.1. The van der Waals surface area contributed by atoms with E-state index in [-0.39, 0.29) is 23.4 Å². The van der Waals surface area contributed by atoms with Crippen LogP contribution in [0.2, 0.25) is 5.02 Å². The summed E-state index contributed by atoms with van der Waals surface area (Å²) in [5.41, 5.74) is 0.469. The number of amides is 4. The van der Waals surface area contributed by atoms with Crippen molar-refractivity contribution < 1.29 is 18.8 Å². The van der Waals surface area contributed by atoms with Crippen molar-refractivity contribution in [3.05, 3.63) is 29.0 Å². The second-order valence-corrected chi connectivity index (χ2v) is 5.34. The van der Waals surface area contributed by atoms with Crippen LogP contribution in [0, 0.1) is 5.82 Å². The van der Waals surface area contributed by atoms with E-state index in [9.17, 15) is 18.8 Å². The molecule has 9 heteroatoms. The average molecular weight is 343 g/mol. The van der Waals surface area contributed by atoms with Crippen LogP contribution in [0.4, 0.5) is 14.9 Å². The van der Waals surface area contributed by atoms with Crippen LogP contribution >= 0.6 is 11.6 Å². The van der Waals surface area contributed by atoms with Crippen molar-refractivity contribution in [2.45, 2.75) is 12.5 Å². The van der Waals surface area contributed by atoms with Gasteiger partial charge in [-0.05, 0) is 24.6 Å². The Morgan fingerprint density at radius 3 is 2.83 bits per heavy atom. The van der Waals surface area contributed by atoms with E-state index in [0.717, 1.165) is 0 Å². The predicted octanol–water partition coefficient (Wildman–Crippen LogP) is 0.630. The summed E-state index contributed by atoms with van der Waals surface area (Å²) in [4.78, 5) is 36.4. The summed E-state index contributed by atoms with van der Waals surface area (Å²) in [5.74, 6) is -1.23. The number of nitrogens with zero attached hydrogens (tertiary/aromatic N) is 1. The summed E-state index contributed by atoms with van der Waals surface area (Å²) in [7, 11) is 1.45. The summed E-state index contributed by atoms with van der Waals surface area (Å²) in [5, 5.41) is 7.14. The van der Waals surface area contributed by atoms with Gasteiger partial charge in [0.1, 0.15) is 11.9 Å². The highest BCUT2D eigenvalue weighted by molar-refractivity contribution is 6.31. The molecule has 0 spiro atoms. The van der Waals surface area contributed by atoms with Crippen LogP contribution in [-0.4, -0.2) is 44.0 Å². The number of halogens is 2. The van der Waals surface area contributed by atoms with Crippen LogP contribution in [0.5, 0.6) is 0 Å². The fraction of sp³-hybridized carbons (Fsp3) is 0.357. The fourth-order valence-corrected chi connectivity index (χ4v) is 2.36. The number of hydrogen-bond donors (Lipinski definition) is 3. The van der Waals surface area contributed by atoms with Gasteiger partial charge in [-0.3, -0.25) is 9.59 Å². The van der Waals surface area contributed by atoms with Gasteiger partial charge in [0.2, 0.25) is 11.8 Å². The smallest absolute Gasteiger partial charge is 0.315 e. The lowest BCUT2D eigenvalue weighted by Crippen LogP contribution is -2.48. The van der Waals surface area contributed by atoms with Gasteiger partial charge in [0.25, 0.3) is 0 Å². The Morgan fingerprint density at radius 1 is 1.43 bits per heavy atom. The molecule has 1 unspecified atom stereocenters. The Hall–Kier alpha value is -2.35. The van der Waals surface area contributed by atoms with E-state index in [0.29, 0.717) is 18.7 Å². The molecule has 7 nitrogen and oxygen atoms in total. The average Bonchev–Trinajstić information content (AvgIpc) is 2.88. The van der Waals surface area contributed by atoms with Crippen LogP contribution in [0.15, 0.2) is 18.2 Å². The largest absolute Gasteiger partial charge is 0.358 e. The van der Waals surface area contributed by atoms with Crippen molar-refractivity contribution >= 4 is 35.1 Å². The maximum absolute atomic E-state index is 13.2. The number of likely N-dealkylation sites (N-methyl/N-ethyl adjacent to an activating group) is 1. The van der Waals surface area contributed by atoms with Gasteiger partial charge in [-0.2, -0.15) is 0 Å². The highest BCUT2D eigenvalue weighted by atomic mass is 35.5. The maximum Gasteiger partial charge on any atom is 0.315 e. The molecule has 0 saturated carbocycles. The third-order valence-corrected chi connectivity index (χ3v) is 3.70. The Kier molecular flexibility index (Phi) is 5.38. The second kappa shape index (κ2) is 7.28. The molecule has 2 rings (SSSR count). The molecule has 1 heterocycles. The molecule has 0 bridgehead atoms. The summed E-state index contributed by atoms with van der Waals surface area (Å²) < 4.78 is 13.2. The number of carbonyl (C=O) groups excluding carboxylic acids is 3. The third-order valence-electron chi connectivity index (χ3n) is 3.41. The second-order valence-electron chi connectivity index (χ2n) is 4.93. The van der Waals surface area contributed by atoms with Crippen LogP contribution < -0.4 is 20.9 Å². The highest BCUT2D eigenvalue weighted by Crippen LogP contribution is 2.26. The first-order valence-electron chi connectivity index (χ1n) is 6.93. The third kappa shape index (κ3) is 4.10. The van der Waals surface area contributed by atoms with Gasteiger partial charge in [-0.1, -0.05) is 11.6 Å². The quantitative estimate of drug-likeness (QED) is 0.749. The number of benzene rings is 1. The first-order chi connectivity index (χ1) is 10.9. The molecule has 0 radical (unpaired) electrons. The molecule has 0 aliphatic carbocycles. The van der Waals surface area contributed by atoms with Gasteiger partial charge in [0.05, 0.1) is 11.6 Å². The zero-order valence-corrected chi connectivity index (χ0v) is 13.1. The molecular formula is C14H16ClFN4O3. The van der Waals surface area contributed by atoms with Crippen molar-refractivity contribution in [1.29, 1.82) is 0 Å².